The molecule has 0 aliphatic heterocycles. The third-order valence-corrected chi connectivity index (χ3v) is 4.55. The summed E-state index contributed by atoms with van der Waals surface area (Å²) in [5.41, 5.74) is 1.96. The van der Waals surface area contributed by atoms with E-state index in [2.05, 4.69) is 30.3 Å². The van der Waals surface area contributed by atoms with Crippen molar-refractivity contribution in [3.8, 4) is 0 Å². The van der Waals surface area contributed by atoms with Crippen molar-refractivity contribution < 1.29 is 19.4 Å². The van der Waals surface area contributed by atoms with Gasteiger partial charge in [-0.05, 0) is 49.1 Å². The number of hydrogen-bond donors (Lipinski definition) is 1. The number of aryl methyl sites for hydroxylation is 1. The maximum atomic E-state index is 11.9. The summed E-state index contributed by atoms with van der Waals surface area (Å²) in [6.45, 7) is 0.410. The van der Waals surface area contributed by atoms with Crippen molar-refractivity contribution in [3.05, 3.63) is 71.3 Å². The predicted octanol–water partition coefficient (Wildman–Crippen LogP) is 5.52. The lowest BCUT2D eigenvalue weighted by atomic mass is 10.0. The van der Waals surface area contributed by atoms with Crippen LogP contribution in [0.15, 0.2) is 54.6 Å². The largest absolute Gasteiger partial charge is 0.478 e. The summed E-state index contributed by atoms with van der Waals surface area (Å²) >= 11 is 0. The van der Waals surface area contributed by atoms with Gasteiger partial charge in [-0.15, -0.1) is 0 Å². The number of esters is 1. The molecular formula is C23H28O4. The summed E-state index contributed by atoms with van der Waals surface area (Å²) in [7, 11) is 0. The van der Waals surface area contributed by atoms with Crippen molar-refractivity contribution in [1.82, 2.24) is 0 Å². The molecule has 0 aromatic heterocycles. The number of unbranched alkanes of at least 4 members (excludes halogenated alkanes) is 6. The van der Waals surface area contributed by atoms with Crippen molar-refractivity contribution >= 4 is 11.9 Å². The first-order valence-electron chi connectivity index (χ1n) is 9.71. The van der Waals surface area contributed by atoms with E-state index < -0.39 is 11.9 Å². The highest BCUT2D eigenvalue weighted by atomic mass is 16.5. The van der Waals surface area contributed by atoms with Gasteiger partial charge in [-0.2, -0.15) is 0 Å². The molecule has 0 fully saturated rings. The molecule has 2 rings (SSSR count). The Kier molecular flexibility index (Phi) is 9.11. The smallest absolute Gasteiger partial charge is 0.338 e. The molecule has 2 aromatic rings. The SMILES string of the molecule is O=C(O)c1ccc(C(=O)OCCCCCCCCCc2ccccc2)cc1. The average molecular weight is 368 g/mol. The van der Waals surface area contributed by atoms with Crippen LogP contribution in [-0.2, 0) is 11.2 Å². The third kappa shape index (κ3) is 8.07. The van der Waals surface area contributed by atoms with Crippen molar-refractivity contribution in [2.45, 2.75) is 51.4 Å². The van der Waals surface area contributed by atoms with Crippen LogP contribution in [-0.4, -0.2) is 23.7 Å². The normalized spacial score (nSPS) is 10.5. The van der Waals surface area contributed by atoms with Gasteiger partial charge in [0.25, 0.3) is 0 Å². The number of carboxylic acids is 1. The Morgan fingerprint density at radius 1 is 0.704 bits per heavy atom. The minimum absolute atomic E-state index is 0.162. The van der Waals surface area contributed by atoms with E-state index >= 15 is 0 Å². The van der Waals surface area contributed by atoms with Crippen LogP contribution in [0.2, 0.25) is 0 Å². The van der Waals surface area contributed by atoms with Gasteiger partial charge in [0.1, 0.15) is 0 Å². The summed E-state index contributed by atoms with van der Waals surface area (Å²) in [5.74, 6) is -1.40. The van der Waals surface area contributed by atoms with Crippen LogP contribution in [0.4, 0.5) is 0 Å². The maximum Gasteiger partial charge on any atom is 0.338 e. The van der Waals surface area contributed by atoms with Crippen LogP contribution >= 0.6 is 0 Å². The second-order valence-corrected chi connectivity index (χ2v) is 6.73. The van der Waals surface area contributed by atoms with Crippen LogP contribution in [0.5, 0.6) is 0 Å². The van der Waals surface area contributed by atoms with E-state index in [9.17, 15) is 9.59 Å². The van der Waals surface area contributed by atoms with Gasteiger partial charge in [0.2, 0.25) is 0 Å². The van der Waals surface area contributed by atoms with E-state index in [1.54, 1.807) is 0 Å². The lowest BCUT2D eigenvalue weighted by molar-refractivity contribution is 0.0496. The Hall–Kier alpha value is -2.62. The van der Waals surface area contributed by atoms with E-state index in [4.69, 9.17) is 9.84 Å². The minimum Gasteiger partial charge on any atom is -0.478 e. The van der Waals surface area contributed by atoms with Gasteiger partial charge < -0.3 is 9.84 Å². The molecule has 4 heteroatoms. The van der Waals surface area contributed by atoms with E-state index in [-0.39, 0.29) is 5.56 Å². The second kappa shape index (κ2) is 11.9. The molecule has 0 saturated heterocycles. The molecule has 1 N–H and O–H groups in total. The number of carbonyl (C=O) groups excluding carboxylic acids is 1. The molecule has 0 unspecified atom stereocenters. The summed E-state index contributed by atoms with van der Waals surface area (Å²) in [6.07, 6.45) is 9.22. The lowest BCUT2D eigenvalue weighted by Gasteiger charge is -2.05. The first kappa shape index (κ1) is 20.7. The van der Waals surface area contributed by atoms with Crippen molar-refractivity contribution in [2.75, 3.05) is 6.61 Å². The van der Waals surface area contributed by atoms with Crippen LogP contribution in [0.3, 0.4) is 0 Å². The highest BCUT2D eigenvalue weighted by Crippen LogP contribution is 2.11. The number of hydrogen-bond acceptors (Lipinski definition) is 3. The first-order chi connectivity index (χ1) is 13.2. The molecule has 0 bridgehead atoms. The zero-order valence-electron chi connectivity index (χ0n) is 15.7. The molecule has 0 heterocycles. The summed E-state index contributed by atoms with van der Waals surface area (Å²) in [5, 5.41) is 8.84. The Morgan fingerprint density at radius 2 is 1.26 bits per heavy atom. The average Bonchev–Trinajstić information content (AvgIpc) is 2.70. The van der Waals surface area contributed by atoms with E-state index in [0.717, 1.165) is 25.7 Å². The Balaban J connectivity index is 1.46. The zero-order chi connectivity index (χ0) is 19.3. The van der Waals surface area contributed by atoms with Gasteiger partial charge in [-0.25, -0.2) is 9.59 Å². The highest BCUT2D eigenvalue weighted by Gasteiger charge is 2.08. The number of carbonyl (C=O) groups is 2. The molecule has 144 valence electrons. The Bertz CT molecular complexity index is 692. The number of carboxylic acid groups (broad SMARTS) is 1. The minimum atomic E-state index is -1.00. The molecular weight excluding hydrogens is 340 g/mol. The number of ether oxygens (including phenoxy) is 1. The van der Waals surface area contributed by atoms with Crippen molar-refractivity contribution in [1.29, 1.82) is 0 Å². The highest BCUT2D eigenvalue weighted by molar-refractivity contribution is 5.92. The molecule has 27 heavy (non-hydrogen) atoms. The molecule has 0 radical (unpaired) electrons. The van der Waals surface area contributed by atoms with Gasteiger partial charge >= 0.3 is 11.9 Å². The number of benzene rings is 2. The van der Waals surface area contributed by atoms with Crippen LogP contribution < -0.4 is 0 Å². The second-order valence-electron chi connectivity index (χ2n) is 6.73. The molecule has 0 saturated carbocycles. The van der Waals surface area contributed by atoms with Gasteiger partial charge in [-0.3, -0.25) is 0 Å². The molecule has 4 nitrogen and oxygen atoms in total. The van der Waals surface area contributed by atoms with Crippen molar-refractivity contribution in [2.24, 2.45) is 0 Å². The fourth-order valence-corrected chi connectivity index (χ4v) is 2.96. The quantitative estimate of drug-likeness (QED) is 0.396. The van der Waals surface area contributed by atoms with E-state index in [0.29, 0.717) is 12.2 Å². The van der Waals surface area contributed by atoms with Crippen molar-refractivity contribution in [3.63, 3.8) is 0 Å². The van der Waals surface area contributed by atoms with Crippen LogP contribution in [0, 0.1) is 0 Å². The van der Waals surface area contributed by atoms with Gasteiger partial charge in [-0.1, -0.05) is 62.4 Å². The summed E-state index contributed by atoms with van der Waals surface area (Å²) < 4.78 is 5.24. The standard InChI is InChI=1S/C23H28O4/c24-22(25)20-14-16-21(17-15-20)23(26)27-18-10-5-3-1-2-4-7-11-19-12-8-6-9-13-19/h6,8-9,12-17H,1-5,7,10-11,18H2,(H,24,25). The fraction of sp³-hybridized carbons (Fsp3) is 0.391. The Labute approximate surface area is 161 Å². The van der Waals surface area contributed by atoms with Crippen LogP contribution in [0.25, 0.3) is 0 Å². The lowest BCUT2D eigenvalue weighted by Crippen LogP contribution is -2.07. The molecule has 0 atom stereocenters. The molecule has 0 aliphatic carbocycles. The topological polar surface area (TPSA) is 63.6 Å². The van der Waals surface area contributed by atoms with Gasteiger partial charge in [0, 0.05) is 0 Å². The predicted molar refractivity (Wildman–Crippen MR) is 106 cm³/mol. The number of aromatic carboxylic acids is 1. The van der Waals surface area contributed by atoms with E-state index in [1.165, 1.54) is 55.5 Å². The zero-order valence-corrected chi connectivity index (χ0v) is 15.7. The Morgan fingerprint density at radius 3 is 1.89 bits per heavy atom. The van der Waals surface area contributed by atoms with Crippen LogP contribution in [0.1, 0.15) is 71.2 Å². The summed E-state index contributed by atoms with van der Waals surface area (Å²) in [4.78, 5) is 22.7. The number of rotatable bonds is 12. The molecule has 0 aliphatic rings. The molecule has 2 aromatic carbocycles. The van der Waals surface area contributed by atoms with Gasteiger partial charge in [0.05, 0.1) is 17.7 Å². The maximum absolute atomic E-state index is 11.9. The fourth-order valence-electron chi connectivity index (χ4n) is 2.96. The van der Waals surface area contributed by atoms with E-state index in [1.807, 2.05) is 0 Å². The third-order valence-electron chi connectivity index (χ3n) is 4.55. The molecule has 0 spiro atoms. The molecule has 0 amide bonds. The summed E-state index contributed by atoms with van der Waals surface area (Å²) in [6, 6.07) is 16.4. The van der Waals surface area contributed by atoms with Gasteiger partial charge in [0.15, 0.2) is 0 Å². The first-order valence-corrected chi connectivity index (χ1v) is 9.71. The monoisotopic (exact) mass is 368 g/mol.